The van der Waals surface area contributed by atoms with Gasteiger partial charge in [-0.25, -0.2) is 9.37 Å². The van der Waals surface area contributed by atoms with Gasteiger partial charge in [-0.2, -0.15) is 0 Å². The van der Waals surface area contributed by atoms with Gasteiger partial charge in [0.25, 0.3) is 5.56 Å². The predicted octanol–water partition coefficient (Wildman–Crippen LogP) is 3.83. The van der Waals surface area contributed by atoms with Crippen LogP contribution in [0.5, 0.6) is 0 Å². The number of pyridine rings is 2. The van der Waals surface area contributed by atoms with Crippen molar-refractivity contribution in [3.63, 3.8) is 0 Å². The molecule has 118 valence electrons. The molecule has 3 aromatic rings. The summed E-state index contributed by atoms with van der Waals surface area (Å²) in [4.78, 5) is 17.3. The van der Waals surface area contributed by atoms with Crippen molar-refractivity contribution in [3.05, 3.63) is 58.8 Å². The van der Waals surface area contributed by atoms with E-state index in [2.05, 4.69) is 10.3 Å². The Bertz CT molecular complexity index is 914. The summed E-state index contributed by atoms with van der Waals surface area (Å²) < 4.78 is 14.9. The Morgan fingerprint density at radius 1 is 1.17 bits per heavy atom. The van der Waals surface area contributed by atoms with E-state index >= 15 is 0 Å². The van der Waals surface area contributed by atoms with Gasteiger partial charge in [0.1, 0.15) is 11.6 Å². The first-order valence-corrected chi connectivity index (χ1v) is 7.50. The van der Waals surface area contributed by atoms with Crippen LogP contribution in [0, 0.1) is 5.82 Å². The summed E-state index contributed by atoms with van der Waals surface area (Å²) in [5.41, 5.74) is 1.98. The highest BCUT2D eigenvalue weighted by atomic mass is 19.1. The van der Waals surface area contributed by atoms with Gasteiger partial charge in [-0.3, -0.25) is 4.79 Å². The maximum Gasteiger partial charge on any atom is 0.259 e. The van der Waals surface area contributed by atoms with Gasteiger partial charge in [-0.1, -0.05) is 12.1 Å². The summed E-state index contributed by atoms with van der Waals surface area (Å²) >= 11 is 0. The molecule has 5 heteroatoms. The van der Waals surface area contributed by atoms with Gasteiger partial charge in [0.2, 0.25) is 0 Å². The summed E-state index contributed by atoms with van der Waals surface area (Å²) in [5.74, 6) is 0.389. The molecule has 0 saturated carbocycles. The number of aromatic nitrogens is 2. The number of benzene rings is 1. The molecular weight excluding hydrogens is 293 g/mol. The molecule has 0 bridgehead atoms. The molecule has 0 atom stereocenters. The van der Waals surface area contributed by atoms with Gasteiger partial charge in [0.05, 0.1) is 5.52 Å². The zero-order valence-electron chi connectivity index (χ0n) is 13.3. The Morgan fingerprint density at radius 2 is 1.87 bits per heavy atom. The lowest BCUT2D eigenvalue weighted by molar-refractivity contribution is 0.601. The average molecular weight is 311 g/mol. The predicted molar refractivity (Wildman–Crippen MR) is 91.3 cm³/mol. The van der Waals surface area contributed by atoms with Crippen LogP contribution in [0.25, 0.3) is 22.0 Å². The Kier molecular flexibility index (Phi) is 3.86. The summed E-state index contributed by atoms with van der Waals surface area (Å²) in [7, 11) is 1.79. The van der Waals surface area contributed by atoms with Crippen molar-refractivity contribution < 1.29 is 4.39 Å². The molecule has 4 nitrogen and oxygen atoms in total. The monoisotopic (exact) mass is 311 g/mol. The molecule has 0 fully saturated rings. The van der Waals surface area contributed by atoms with Gasteiger partial charge in [-0.15, -0.1) is 0 Å². The second-order valence-electron chi connectivity index (χ2n) is 5.71. The van der Waals surface area contributed by atoms with Crippen LogP contribution in [0.2, 0.25) is 0 Å². The van der Waals surface area contributed by atoms with Crippen molar-refractivity contribution in [2.24, 2.45) is 0 Å². The smallest absolute Gasteiger partial charge is 0.259 e. The Labute approximate surface area is 133 Å². The maximum atomic E-state index is 13.1. The summed E-state index contributed by atoms with van der Waals surface area (Å²) in [6.07, 6.45) is 1.74. The number of hydrogen-bond donors (Lipinski definition) is 1. The van der Waals surface area contributed by atoms with Gasteiger partial charge < -0.3 is 9.88 Å². The average Bonchev–Trinajstić information content (AvgIpc) is 2.54. The topological polar surface area (TPSA) is 46.9 Å². The van der Waals surface area contributed by atoms with Gasteiger partial charge in [-0.05, 0) is 37.6 Å². The number of fused-ring (bicyclic) bond motifs is 1. The van der Waals surface area contributed by atoms with E-state index in [-0.39, 0.29) is 17.4 Å². The fraction of sp³-hybridized carbons (Fsp3) is 0.222. The molecule has 0 aliphatic carbocycles. The third-order valence-electron chi connectivity index (χ3n) is 3.85. The first-order chi connectivity index (χ1) is 11.0. The highest BCUT2D eigenvalue weighted by Gasteiger charge is 2.14. The minimum absolute atomic E-state index is 0.00231. The molecule has 1 aromatic carbocycles. The summed E-state index contributed by atoms with van der Waals surface area (Å²) in [6, 6.07) is 9.65. The number of rotatable bonds is 3. The lowest BCUT2D eigenvalue weighted by Crippen LogP contribution is -2.24. The number of halogens is 1. The fourth-order valence-corrected chi connectivity index (χ4v) is 2.72. The molecule has 0 spiro atoms. The minimum atomic E-state index is -0.320. The highest BCUT2D eigenvalue weighted by Crippen LogP contribution is 2.24. The van der Waals surface area contributed by atoms with Crippen molar-refractivity contribution in [2.45, 2.75) is 19.9 Å². The van der Waals surface area contributed by atoms with Gasteiger partial charge in [0, 0.05) is 36.3 Å². The Morgan fingerprint density at radius 3 is 2.48 bits per heavy atom. The second kappa shape index (κ2) is 5.83. The van der Waals surface area contributed by atoms with Crippen LogP contribution in [-0.2, 0) is 0 Å². The zero-order chi connectivity index (χ0) is 16.6. The van der Waals surface area contributed by atoms with Crippen LogP contribution in [0.15, 0.2) is 47.4 Å². The minimum Gasteiger partial charge on any atom is -0.373 e. The SMILES string of the molecule is CNc1cc2c(cn1)cc(-c1ccc(F)cc1)c(=O)n2C(C)C. The van der Waals surface area contributed by atoms with E-state index in [1.165, 1.54) is 12.1 Å². The van der Waals surface area contributed by atoms with E-state index in [0.29, 0.717) is 16.9 Å². The molecule has 0 saturated heterocycles. The molecule has 2 heterocycles. The number of hydrogen-bond acceptors (Lipinski definition) is 3. The van der Waals surface area contributed by atoms with E-state index < -0.39 is 0 Å². The third kappa shape index (κ3) is 2.70. The highest BCUT2D eigenvalue weighted by molar-refractivity contribution is 5.85. The van der Waals surface area contributed by atoms with E-state index in [1.807, 2.05) is 26.0 Å². The van der Waals surface area contributed by atoms with Crippen molar-refractivity contribution in [2.75, 3.05) is 12.4 Å². The normalized spacial score (nSPS) is 11.2. The molecule has 0 amide bonds. The zero-order valence-corrected chi connectivity index (χ0v) is 13.3. The Hall–Kier alpha value is -2.69. The first kappa shape index (κ1) is 15.2. The molecule has 0 unspecified atom stereocenters. The molecule has 0 aliphatic heterocycles. The maximum absolute atomic E-state index is 13.1. The van der Waals surface area contributed by atoms with E-state index in [4.69, 9.17) is 0 Å². The largest absolute Gasteiger partial charge is 0.373 e. The number of nitrogens with zero attached hydrogens (tertiary/aromatic N) is 2. The lowest BCUT2D eigenvalue weighted by atomic mass is 10.0. The van der Waals surface area contributed by atoms with Crippen molar-refractivity contribution in [3.8, 4) is 11.1 Å². The molecular formula is C18H18FN3O. The van der Waals surface area contributed by atoms with Crippen molar-refractivity contribution >= 4 is 16.7 Å². The number of nitrogens with one attached hydrogen (secondary N) is 1. The van der Waals surface area contributed by atoms with Crippen LogP contribution in [-0.4, -0.2) is 16.6 Å². The van der Waals surface area contributed by atoms with Crippen LogP contribution < -0.4 is 10.9 Å². The van der Waals surface area contributed by atoms with E-state index in [0.717, 1.165) is 10.9 Å². The van der Waals surface area contributed by atoms with Crippen molar-refractivity contribution in [1.29, 1.82) is 0 Å². The van der Waals surface area contributed by atoms with Crippen LogP contribution in [0.3, 0.4) is 0 Å². The van der Waals surface area contributed by atoms with Gasteiger partial charge >= 0.3 is 0 Å². The molecule has 0 aliphatic rings. The second-order valence-corrected chi connectivity index (χ2v) is 5.71. The standard InChI is InChI=1S/C18H18FN3O/c1-11(2)22-16-9-17(20-3)21-10-13(16)8-15(18(22)23)12-4-6-14(19)7-5-12/h4-11H,1-3H3,(H,20,21). The molecule has 3 rings (SSSR count). The third-order valence-corrected chi connectivity index (χ3v) is 3.85. The van der Waals surface area contributed by atoms with E-state index in [1.54, 1.807) is 29.9 Å². The summed E-state index contributed by atoms with van der Waals surface area (Å²) in [6.45, 7) is 3.93. The van der Waals surface area contributed by atoms with Gasteiger partial charge in [0.15, 0.2) is 0 Å². The van der Waals surface area contributed by atoms with E-state index in [9.17, 15) is 9.18 Å². The van der Waals surface area contributed by atoms with Crippen molar-refractivity contribution in [1.82, 2.24) is 9.55 Å². The quantitative estimate of drug-likeness (QED) is 0.800. The van der Waals surface area contributed by atoms with Crippen LogP contribution >= 0.6 is 0 Å². The van der Waals surface area contributed by atoms with Crippen LogP contribution in [0.1, 0.15) is 19.9 Å². The number of anilines is 1. The molecule has 1 N–H and O–H groups in total. The fourth-order valence-electron chi connectivity index (χ4n) is 2.72. The molecule has 0 radical (unpaired) electrons. The molecule has 2 aromatic heterocycles. The first-order valence-electron chi connectivity index (χ1n) is 7.50. The van der Waals surface area contributed by atoms with Crippen LogP contribution in [0.4, 0.5) is 10.2 Å². The summed E-state index contributed by atoms with van der Waals surface area (Å²) in [5, 5.41) is 3.86. The lowest BCUT2D eigenvalue weighted by Gasteiger charge is -2.17. The molecule has 23 heavy (non-hydrogen) atoms. The Balaban J connectivity index is 2.35.